The highest BCUT2D eigenvalue weighted by Crippen LogP contribution is 2.31. The van der Waals surface area contributed by atoms with Gasteiger partial charge < -0.3 is 4.74 Å². The van der Waals surface area contributed by atoms with Crippen molar-refractivity contribution < 1.29 is 13.2 Å². The predicted octanol–water partition coefficient (Wildman–Crippen LogP) is 4.61. The molecular formula is C15H18ClNO3S2. The summed E-state index contributed by atoms with van der Waals surface area (Å²) in [6.45, 7) is 7.47. The van der Waals surface area contributed by atoms with Gasteiger partial charge >= 0.3 is 0 Å². The van der Waals surface area contributed by atoms with Crippen molar-refractivity contribution in [2.75, 3.05) is 4.72 Å². The molecule has 22 heavy (non-hydrogen) atoms. The normalized spacial score (nSPS) is 11.7. The van der Waals surface area contributed by atoms with Gasteiger partial charge in [-0.05, 0) is 52.0 Å². The predicted molar refractivity (Wildman–Crippen MR) is 91.8 cm³/mol. The highest BCUT2D eigenvalue weighted by Gasteiger charge is 2.19. The Balaban J connectivity index is 2.27. The maximum absolute atomic E-state index is 12.4. The van der Waals surface area contributed by atoms with Crippen LogP contribution in [-0.2, 0) is 10.0 Å². The molecule has 120 valence electrons. The number of nitrogens with one attached hydrogen (secondary N) is 1. The summed E-state index contributed by atoms with van der Waals surface area (Å²) >= 11 is 7.58. The number of thiophene rings is 1. The average Bonchev–Trinajstić information content (AvgIpc) is 2.72. The molecule has 0 bridgehead atoms. The topological polar surface area (TPSA) is 55.4 Å². The van der Waals surface area contributed by atoms with E-state index in [1.807, 2.05) is 20.8 Å². The van der Waals surface area contributed by atoms with E-state index in [1.165, 1.54) is 11.3 Å². The number of halogens is 1. The van der Waals surface area contributed by atoms with E-state index in [0.29, 0.717) is 21.4 Å². The average molecular weight is 360 g/mol. The SMILES string of the molecule is Cc1cc(S(=O)(=O)Nc2ccc(OC(C)C)c(Cl)c2)c(C)s1. The van der Waals surface area contributed by atoms with Crippen LogP contribution in [0.4, 0.5) is 5.69 Å². The summed E-state index contributed by atoms with van der Waals surface area (Å²) in [5.41, 5.74) is 0.407. The van der Waals surface area contributed by atoms with Crippen molar-refractivity contribution in [1.82, 2.24) is 0 Å². The monoisotopic (exact) mass is 359 g/mol. The molecule has 0 atom stereocenters. The zero-order valence-corrected chi connectivity index (χ0v) is 15.2. The zero-order chi connectivity index (χ0) is 16.5. The maximum Gasteiger partial charge on any atom is 0.262 e. The first kappa shape index (κ1) is 17.1. The van der Waals surface area contributed by atoms with Crippen molar-refractivity contribution in [2.24, 2.45) is 0 Å². The molecule has 0 amide bonds. The zero-order valence-electron chi connectivity index (χ0n) is 12.8. The van der Waals surface area contributed by atoms with Crippen LogP contribution in [0.15, 0.2) is 29.2 Å². The van der Waals surface area contributed by atoms with Gasteiger partial charge in [-0.2, -0.15) is 0 Å². The fourth-order valence-electron chi connectivity index (χ4n) is 2.00. The van der Waals surface area contributed by atoms with Crippen LogP contribution in [0.3, 0.4) is 0 Å². The molecule has 0 spiro atoms. The largest absolute Gasteiger partial charge is 0.489 e. The van der Waals surface area contributed by atoms with Gasteiger partial charge in [0.1, 0.15) is 10.6 Å². The van der Waals surface area contributed by atoms with Crippen molar-refractivity contribution >= 4 is 38.6 Å². The summed E-state index contributed by atoms with van der Waals surface area (Å²) in [6, 6.07) is 6.51. The molecule has 0 aliphatic heterocycles. The molecule has 4 nitrogen and oxygen atoms in total. The lowest BCUT2D eigenvalue weighted by Crippen LogP contribution is -2.13. The minimum Gasteiger partial charge on any atom is -0.489 e. The summed E-state index contributed by atoms with van der Waals surface area (Å²) in [5.74, 6) is 0.530. The van der Waals surface area contributed by atoms with Crippen LogP contribution in [-0.4, -0.2) is 14.5 Å². The van der Waals surface area contributed by atoms with Gasteiger partial charge in [-0.3, -0.25) is 4.72 Å². The molecule has 1 N–H and O–H groups in total. The van der Waals surface area contributed by atoms with Crippen molar-refractivity contribution in [3.63, 3.8) is 0 Å². The second-order valence-corrected chi connectivity index (χ2v) is 8.71. The Hall–Kier alpha value is -1.24. The Morgan fingerprint density at radius 2 is 1.91 bits per heavy atom. The van der Waals surface area contributed by atoms with Gasteiger partial charge in [0.15, 0.2) is 0 Å². The van der Waals surface area contributed by atoms with E-state index < -0.39 is 10.0 Å². The van der Waals surface area contributed by atoms with Crippen LogP contribution in [0.2, 0.25) is 5.02 Å². The van der Waals surface area contributed by atoms with Gasteiger partial charge in [0.2, 0.25) is 0 Å². The van der Waals surface area contributed by atoms with E-state index in [-0.39, 0.29) is 6.10 Å². The molecule has 0 aliphatic carbocycles. The van der Waals surface area contributed by atoms with E-state index in [0.717, 1.165) is 9.75 Å². The highest BCUT2D eigenvalue weighted by molar-refractivity contribution is 7.93. The highest BCUT2D eigenvalue weighted by atomic mass is 35.5. The first-order valence-electron chi connectivity index (χ1n) is 6.75. The van der Waals surface area contributed by atoms with Crippen molar-refractivity contribution in [3.05, 3.63) is 39.0 Å². The Bertz CT molecular complexity index is 782. The first-order valence-corrected chi connectivity index (χ1v) is 9.43. The molecular weight excluding hydrogens is 342 g/mol. The van der Waals surface area contributed by atoms with E-state index in [9.17, 15) is 8.42 Å². The number of aryl methyl sites for hydroxylation is 2. The summed E-state index contributed by atoms with van der Waals surface area (Å²) in [5, 5.41) is 0.368. The Morgan fingerprint density at radius 3 is 2.41 bits per heavy atom. The van der Waals surface area contributed by atoms with Gasteiger partial charge in [0, 0.05) is 9.75 Å². The van der Waals surface area contributed by atoms with Crippen LogP contribution in [0.1, 0.15) is 23.6 Å². The van der Waals surface area contributed by atoms with Gasteiger partial charge in [-0.15, -0.1) is 11.3 Å². The third-order valence-corrected chi connectivity index (χ3v) is 5.73. The molecule has 0 saturated carbocycles. The van der Waals surface area contributed by atoms with Crippen molar-refractivity contribution in [1.29, 1.82) is 0 Å². The number of rotatable bonds is 5. The van der Waals surface area contributed by atoms with Crippen LogP contribution in [0.25, 0.3) is 0 Å². The lowest BCUT2D eigenvalue weighted by atomic mass is 10.3. The molecule has 2 rings (SSSR count). The van der Waals surface area contributed by atoms with E-state index in [4.69, 9.17) is 16.3 Å². The number of hydrogen-bond donors (Lipinski definition) is 1. The van der Waals surface area contributed by atoms with Gasteiger partial charge in [-0.1, -0.05) is 11.6 Å². The first-order chi connectivity index (χ1) is 10.2. The van der Waals surface area contributed by atoms with Gasteiger partial charge in [0.25, 0.3) is 10.0 Å². The minimum atomic E-state index is -3.61. The Morgan fingerprint density at radius 1 is 1.23 bits per heavy atom. The number of hydrogen-bond acceptors (Lipinski definition) is 4. The van der Waals surface area contributed by atoms with Gasteiger partial charge in [0.05, 0.1) is 16.8 Å². The lowest BCUT2D eigenvalue weighted by molar-refractivity contribution is 0.242. The smallest absolute Gasteiger partial charge is 0.262 e. The molecule has 1 aromatic carbocycles. The van der Waals surface area contributed by atoms with Crippen LogP contribution in [0.5, 0.6) is 5.75 Å². The lowest BCUT2D eigenvalue weighted by Gasteiger charge is -2.13. The molecule has 0 radical (unpaired) electrons. The number of sulfonamides is 1. The second kappa shape index (κ2) is 6.48. The van der Waals surface area contributed by atoms with Crippen LogP contribution < -0.4 is 9.46 Å². The number of benzene rings is 1. The third kappa shape index (κ3) is 3.94. The standard InChI is InChI=1S/C15H18ClNO3S2/c1-9(2)20-14-6-5-12(8-13(14)16)17-22(18,19)15-7-10(3)21-11(15)4/h5-9,17H,1-4H3. The van der Waals surface area contributed by atoms with E-state index in [2.05, 4.69) is 4.72 Å². The Kier molecular flexibility index (Phi) is 5.04. The summed E-state index contributed by atoms with van der Waals surface area (Å²) in [6.07, 6.45) is -0.00327. The van der Waals surface area contributed by atoms with Crippen LogP contribution >= 0.6 is 22.9 Å². The molecule has 7 heteroatoms. The van der Waals surface area contributed by atoms with Crippen molar-refractivity contribution in [3.8, 4) is 5.75 Å². The van der Waals surface area contributed by atoms with Gasteiger partial charge in [-0.25, -0.2) is 8.42 Å². The summed E-state index contributed by atoms with van der Waals surface area (Å²) < 4.78 is 32.9. The second-order valence-electron chi connectivity index (χ2n) is 5.19. The number of ether oxygens (including phenoxy) is 1. The van der Waals surface area contributed by atoms with E-state index in [1.54, 1.807) is 31.2 Å². The Labute approximate surface area is 140 Å². The fourth-order valence-corrected chi connectivity index (χ4v) is 4.83. The van der Waals surface area contributed by atoms with Crippen LogP contribution in [0, 0.1) is 13.8 Å². The maximum atomic E-state index is 12.4. The molecule has 0 unspecified atom stereocenters. The summed E-state index contributed by atoms with van der Waals surface area (Å²) in [4.78, 5) is 2.01. The molecule has 1 heterocycles. The minimum absolute atomic E-state index is 0.00327. The number of anilines is 1. The molecule has 0 fully saturated rings. The molecule has 2 aromatic rings. The summed E-state index contributed by atoms with van der Waals surface area (Å²) in [7, 11) is -3.61. The van der Waals surface area contributed by atoms with Crippen molar-refractivity contribution in [2.45, 2.75) is 38.7 Å². The molecule has 0 saturated heterocycles. The van der Waals surface area contributed by atoms with E-state index >= 15 is 0 Å². The third-order valence-electron chi connectivity index (χ3n) is 2.83. The quantitative estimate of drug-likeness (QED) is 0.848. The fraction of sp³-hybridized carbons (Fsp3) is 0.333. The molecule has 0 aliphatic rings. The molecule has 1 aromatic heterocycles.